The minimum Gasteiger partial charge on any atom is -0.459 e. The largest absolute Gasteiger partial charge is 0.459 e. The molecule has 7 heteroatoms. The number of carbonyl (C=O) groups excluding carboxylic acids is 3. The number of nitrogens with zero attached hydrogens (tertiary/aromatic N) is 2. The third-order valence-electron chi connectivity index (χ3n) is 5.21. The second-order valence-corrected chi connectivity index (χ2v) is 8.69. The van der Waals surface area contributed by atoms with Gasteiger partial charge in [-0.25, -0.2) is 0 Å². The maximum absolute atomic E-state index is 12.9. The number of ether oxygens (including phenoxy) is 1. The molecule has 0 spiro atoms. The van der Waals surface area contributed by atoms with Crippen LogP contribution in [0.1, 0.15) is 62.0 Å². The van der Waals surface area contributed by atoms with E-state index in [1.54, 1.807) is 37.8 Å². The molecule has 0 aromatic heterocycles. The van der Waals surface area contributed by atoms with Crippen LogP contribution in [0.2, 0.25) is 0 Å². The molecule has 0 bridgehead atoms. The molecule has 2 amide bonds. The number of esters is 1. The zero-order valence-corrected chi connectivity index (χ0v) is 17.6. The van der Waals surface area contributed by atoms with E-state index in [-0.39, 0.29) is 18.4 Å². The monoisotopic (exact) mass is 401 g/mol. The summed E-state index contributed by atoms with van der Waals surface area (Å²) in [5.41, 5.74) is 0.644. The Hall–Kier alpha value is -2.41. The summed E-state index contributed by atoms with van der Waals surface area (Å²) < 4.78 is 5.25. The van der Waals surface area contributed by atoms with Gasteiger partial charge in [0.2, 0.25) is 5.91 Å². The fourth-order valence-electron chi connectivity index (χ4n) is 3.99. The summed E-state index contributed by atoms with van der Waals surface area (Å²) in [6.45, 7) is 8.76. The van der Waals surface area contributed by atoms with Gasteiger partial charge in [0.1, 0.15) is 18.2 Å². The highest BCUT2D eigenvalue weighted by atomic mass is 16.6. The zero-order chi connectivity index (χ0) is 21.0. The van der Waals surface area contributed by atoms with Crippen LogP contribution in [0.4, 0.5) is 0 Å². The Morgan fingerprint density at radius 3 is 2.52 bits per heavy atom. The molecule has 7 nitrogen and oxygen atoms in total. The molecule has 3 rings (SSSR count). The van der Waals surface area contributed by atoms with E-state index >= 15 is 0 Å². The Labute approximate surface area is 172 Å². The van der Waals surface area contributed by atoms with Crippen molar-refractivity contribution >= 4 is 17.8 Å². The number of likely N-dealkylation sites (tertiary alicyclic amines) is 1. The molecular formula is C22H31N3O4. The first-order chi connectivity index (χ1) is 13.8. The first-order valence-electron chi connectivity index (χ1n) is 10.4. The maximum Gasteiger partial charge on any atom is 0.325 e. The van der Waals surface area contributed by atoms with E-state index in [2.05, 4.69) is 10.2 Å². The Morgan fingerprint density at radius 2 is 1.83 bits per heavy atom. The van der Waals surface area contributed by atoms with Crippen LogP contribution in [-0.4, -0.2) is 65.9 Å². The molecule has 2 aliphatic heterocycles. The van der Waals surface area contributed by atoms with Crippen molar-refractivity contribution in [3.8, 4) is 0 Å². The summed E-state index contributed by atoms with van der Waals surface area (Å²) in [4.78, 5) is 41.8. The quantitative estimate of drug-likeness (QED) is 0.708. The van der Waals surface area contributed by atoms with Crippen molar-refractivity contribution in [2.45, 2.75) is 51.7 Å². The highest BCUT2D eigenvalue weighted by Gasteiger charge is 2.40. The highest BCUT2D eigenvalue weighted by Crippen LogP contribution is 2.33. The van der Waals surface area contributed by atoms with Crippen LogP contribution in [0.15, 0.2) is 24.3 Å². The van der Waals surface area contributed by atoms with Crippen molar-refractivity contribution in [3.63, 3.8) is 0 Å². The van der Waals surface area contributed by atoms with Crippen LogP contribution in [0.25, 0.3) is 0 Å². The Bertz CT molecular complexity index is 766. The van der Waals surface area contributed by atoms with Crippen molar-refractivity contribution in [1.82, 2.24) is 15.1 Å². The third-order valence-corrected chi connectivity index (χ3v) is 5.21. The number of fused-ring (bicyclic) bond motifs is 1. The predicted octanol–water partition coefficient (Wildman–Crippen LogP) is 2.13. The van der Waals surface area contributed by atoms with Crippen molar-refractivity contribution in [3.05, 3.63) is 35.4 Å². The number of hydrogen-bond donors (Lipinski definition) is 1. The second-order valence-electron chi connectivity index (χ2n) is 8.69. The van der Waals surface area contributed by atoms with Crippen LogP contribution >= 0.6 is 0 Å². The molecule has 1 fully saturated rings. The van der Waals surface area contributed by atoms with Crippen molar-refractivity contribution in [1.29, 1.82) is 0 Å². The van der Waals surface area contributed by atoms with Gasteiger partial charge in [0, 0.05) is 12.1 Å². The van der Waals surface area contributed by atoms with Gasteiger partial charge in [-0.05, 0) is 71.3 Å². The lowest BCUT2D eigenvalue weighted by atomic mass is 10.0. The molecule has 0 saturated carbocycles. The van der Waals surface area contributed by atoms with E-state index in [9.17, 15) is 14.4 Å². The summed E-state index contributed by atoms with van der Waals surface area (Å²) in [6.07, 6.45) is 3.27. The van der Waals surface area contributed by atoms with Gasteiger partial charge in [0.15, 0.2) is 0 Å². The average molecular weight is 402 g/mol. The van der Waals surface area contributed by atoms with Gasteiger partial charge < -0.3 is 19.9 Å². The van der Waals surface area contributed by atoms with Crippen LogP contribution in [-0.2, 0) is 14.3 Å². The average Bonchev–Trinajstić information content (AvgIpc) is 3.26. The summed E-state index contributed by atoms with van der Waals surface area (Å²) in [6, 6.07) is 6.49. The lowest BCUT2D eigenvalue weighted by molar-refractivity contribution is -0.154. The summed E-state index contributed by atoms with van der Waals surface area (Å²) >= 11 is 0. The minimum absolute atomic E-state index is 0.126. The Balaban J connectivity index is 1.65. The molecule has 29 heavy (non-hydrogen) atoms. The van der Waals surface area contributed by atoms with Gasteiger partial charge in [-0.2, -0.15) is 0 Å². The zero-order valence-electron chi connectivity index (χ0n) is 17.6. The van der Waals surface area contributed by atoms with Crippen LogP contribution in [0.3, 0.4) is 0 Å². The second kappa shape index (κ2) is 8.95. The van der Waals surface area contributed by atoms with Gasteiger partial charge in [0.25, 0.3) is 5.91 Å². The van der Waals surface area contributed by atoms with Crippen LogP contribution < -0.4 is 5.32 Å². The van der Waals surface area contributed by atoms with Gasteiger partial charge in [-0.15, -0.1) is 0 Å². The van der Waals surface area contributed by atoms with Crippen LogP contribution in [0.5, 0.6) is 0 Å². The Morgan fingerprint density at radius 1 is 1.14 bits per heavy atom. The number of amides is 2. The maximum atomic E-state index is 12.9. The highest BCUT2D eigenvalue weighted by molar-refractivity contribution is 6.05. The standard InChI is InChI=1S/C22H31N3O4/c1-22(2,3)29-18(26)15-23-20(27)19-16-9-4-5-10-17(16)21(28)25(19)14-8-13-24-11-6-7-12-24/h4-5,9-10,19H,6-8,11-15H2,1-3H3,(H,23,27). The van der Waals surface area contributed by atoms with Crippen molar-refractivity contribution in [2.24, 2.45) is 0 Å². The topological polar surface area (TPSA) is 78.9 Å². The lowest BCUT2D eigenvalue weighted by Gasteiger charge is -2.26. The molecule has 2 heterocycles. The van der Waals surface area contributed by atoms with E-state index in [1.165, 1.54) is 12.8 Å². The molecule has 2 aliphatic rings. The first-order valence-corrected chi connectivity index (χ1v) is 10.4. The number of rotatable bonds is 7. The van der Waals surface area contributed by atoms with Crippen molar-refractivity contribution < 1.29 is 19.1 Å². The SMILES string of the molecule is CC(C)(C)OC(=O)CNC(=O)C1c2ccccc2C(=O)N1CCCN1CCCC1. The minimum atomic E-state index is -0.709. The normalized spacial score (nSPS) is 19.3. The molecular weight excluding hydrogens is 370 g/mol. The molecule has 1 saturated heterocycles. The summed E-state index contributed by atoms with van der Waals surface area (Å²) in [5.74, 6) is -0.973. The molecule has 1 unspecified atom stereocenters. The fraction of sp³-hybridized carbons (Fsp3) is 0.591. The van der Waals surface area contributed by atoms with E-state index in [0.29, 0.717) is 17.7 Å². The van der Waals surface area contributed by atoms with Crippen molar-refractivity contribution in [2.75, 3.05) is 32.7 Å². The van der Waals surface area contributed by atoms with E-state index in [0.717, 1.165) is 26.1 Å². The summed E-state index contributed by atoms with van der Waals surface area (Å²) in [5, 5.41) is 2.65. The number of hydrogen-bond acceptors (Lipinski definition) is 5. The fourth-order valence-corrected chi connectivity index (χ4v) is 3.99. The van der Waals surface area contributed by atoms with Gasteiger partial charge in [0.05, 0.1) is 0 Å². The molecule has 1 aromatic carbocycles. The molecule has 1 N–H and O–H groups in total. The van der Waals surface area contributed by atoms with E-state index < -0.39 is 17.6 Å². The number of nitrogens with one attached hydrogen (secondary N) is 1. The van der Waals surface area contributed by atoms with E-state index in [1.807, 2.05) is 12.1 Å². The predicted molar refractivity (Wildman–Crippen MR) is 109 cm³/mol. The van der Waals surface area contributed by atoms with Gasteiger partial charge in [-0.1, -0.05) is 18.2 Å². The number of carbonyl (C=O) groups is 3. The molecule has 0 aliphatic carbocycles. The van der Waals surface area contributed by atoms with Crippen LogP contribution in [0, 0.1) is 0 Å². The number of benzene rings is 1. The van der Waals surface area contributed by atoms with E-state index in [4.69, 9.17) is 4.74 Å². The molecule has 1 atom stereocenters. The van der Waals surface area contributed by atoms with Gasteiger partial charge >= 0.3 is 5.97 Å². The molecule has 1 aromatic rings. The molecule has 0 radical (unpaired) electrons. The third kappa shape index (κ3) is 5.35. The smallest absolute Gasteiger partial charge is 0.325 e. The Kier molecular flexibility index (Phi) is 6.57. The molecule has 158 valence electrons. The first kappa shape index (κ1) is 21.3. The van der Waals surface area contributed by atoms with Gasteiger partial charge in [-0.3, -0.25) is 14.4 Å². The summed E-state index contributed by atoms with van der Waals surface area (Å²) in [7, 11) is 0. The lowest BCUT2D eigenvalue weighted by Crippen LogP contribution is -2.42.